The van der Waals surface area contributed by atoms with Crippen molar-refractivity contribution in [2.75, 3.05) is 0 Å². The van der Waals surface area contributed by atoms with E-state index >= 15 is 0 Å². The molecule has 0 bridgehead atoms. The maximum absolute atomic E-state index is 9.74. The first kappa shape index (κ1) is 17.2. The van der Waals surface area contributed by atoms with E-state index in [1.807, 2.05) is 0 Å². The molecule has 0 heterocycles. The van der Waals surface area contributed by atoms with Gasteiger partial charge in [-0.25, -0.2) is 0 Å². The predicted molar refractivity (Wildman–Crippen MR) is 100 cm³/mol. The van der Waals surface area contributed by atoms with Crippen molar-refractivity contribution in [2.45, 2.75) is 64.1 Å². The molecule has 2 aromatic rings. The summed E-state index contributed by atoms with van der Waals surface area (Å²) in [4.78, 5) is 0. The van der Waals surface area contributed by atoms with Gasteiger partial charge in [0.1, 0.15) is 0 Å². The molecule has 1 saturated carbocycles. The Morgan fingerprint density at radius 1 is 0.875 bits per heavy atom. The highest BCUT2D eigenvalue weighted by Crippen LogP contribution is 2.25. The topological polar surface area (TPSA) is 32.3 Å². The summed E-state index contributed by atoms with van der Waals surface area (Å²) >= 11 is 0. The van der Waals surface area contributed by atoms with Crippen LogP contribution < -0.4 is 5.32 Å². The Kier molecular flexibility index (Phi) is 5.70. The molecule has 1 atom stereocenters. The SMILES string of the molecule is Cc1ccc(CC(NC2CCC(O)CC2)c2ccc(C)cc2)cc1. The van der Waals surface area contributed by atoms with Gasteiger partial charge in [0.2, 0.25) is 0 Å². The van der Waals surface area contributed by atoms with Crippen LogP contribution in [0.2, 0.25) is 0 Å². The van der Waals surface area contributed by atoms with Crippen molar-refractivity contribution in [1.82, 2.24) is 5.32 Å². The van der Waals surface area contributed by atoms with E-state index in [9.17, 15) is 5.11 Å². The van der Waals surface area contributed by atoms with Crippen molar-refractivity contribution in [3.05, 3.63) is 70.8 Å². The Morgan fingerprint density at radius 3 is 2.00 bits per heavy atom. The van der Waals surface area contributed by atoms with Gasteiger partial charge in [-0.2, -0.15) is 0 Å². The fraction of sp³-hybridized carbons (Fsp3) is 0.455. The molecule has 2 heteroatoms. The summed E-state index contributed by atoms with van der Waals surface area (Å²) in [5.41, 5.74) is 5.33. The summed E-state index contributed by atoms with van der Waals surface area (Å²) in [7, 11) is 0. The Hall–Kier alpha value is -1.64. The molecule has 128 valence electrons. The molecule has 1 fully saturated rings. The normalized spacial score (nSPS) is 22.3. The van der Waals surface area contributed by atoms with Gasteiger partial charge in [0, 0.05) is 12.1 Å². The first-order valence-electron chi connectivity index (χ1n) is 9.16. The van der Waals surface area contributed by atoms with Gasteiger partial charge in [0.05, 0.1) is 6.10 Å². The summed E-state index contributed by atoms with van der Waals surface area (Å²) < 4.78 is 0. The molecular formula is C22H29NO. The van der Waals surface area contributed by atoms with E-state index in [4.69, 9.17) is 0 Å². The lowest BCUT2D eigenvalue weighted by Gasteiger charge is -2.31. The number of nitrogens with one attached hydrogen (secondary N) is 1. The highest BCUT2D eigenvalue weighted by Gasteiger charge is 2.22. The first-order valence-corrected chi connectivity index (χ1v) is 9.16. The second-order valence-electron chi connectivity index (χ2n) is 7.33. The van der Waals surface area contributed by atoms with E-state index in [1.165, 1.54) is 22.3 Å². The Morgan fingerprint density at radius 2 is 1.42 bits per heavy atom. The fourth-order valence-corrected chi connectivity index (χ4v) is 3.56. The minimum atomic E-state index is -0.0991. The molecule has 24 heavy (non-hydrogen) atoms. The van der Waals surface area contributed by atoms with E-state index < -0.39 is 0 Å². The lowest BCUT2D eigenvalue weighted by Crippen LogP contribution is -2.37. The lowest BCUT2D eigenvalue weighted by molar-refractivity contribution is 0.114. The zero-order chi connectivity index (χ0) is 16.9. The standard InChI is InChI=1S/C22H29NO/c1-16-3-7-18(8-4-16)15-22(19-9-5-17(2)6-10-19)23-20-11-13-21(24)14-12-20/h3-10,20-24H,11-15H2,1-2H3. The van der Waals surface area contributed by atoms with Crippen molar-refractivity contribution in [1.29, 1.82) is 0 Å². The Bertz CT molecular complexity index is 624. The molecule has 2 nitrogen and oxygen atoms in total. The predicted octanol–water partition coefficient (Wildman–Crippen LogP) is 4.48. The van der Waals surface area contributed by atoms with Crippen LogP contribution in [0.1, 0.15) is 54.0 Å². The number of aliphatic hydroxyl groups excluding tert-OH is 1. The highest BCUT2D eigenvalue weighted by atomic mass is 16.3. The molecule has 0 aromatic heterocycles. The van der Waals surface area contributed by atoms with E-state index in [2.05, 4.69) is 67.7 Å². The van der Waals surface area contributed by atoms with Crippen LogP contribution in [0.4, 0.5) is 0 Å². The number of aliphatic hydroxyl groups is 1. The van der Waals surface area contributed by atoms with Crippen LogP contribution in [0.3, 0.4) is 0 Å². The van der Waals surface area contributed by atoms with Crippen LogP contribution in [0.25, 0.3) is 0 Å². The molecule has 0 aliphatic heterocycles. The van der Waals surface area contributed by atoms with Crippen LogP contribution in [-0.4, -0.2) is 17.3 Å². The van der Waals surface area contributed by atoms with Gasteiger partial charge in [0.25, 0.3) is 0 Å². The Balaban J connectivity index is 1.75. The average molecular weight is 323 g/mol. The van der Waals surface area contributed by atoms with E-state index in [1.54, 1.807) is 0 Å². The number of hydrogen-bond acceptors (Lipinski definition) is 2. The summed E-state index contributed by atoms with van der Waals surface area (Å²) in [5, 5.41) is 13.6. The first-order chi connectivity index (χ1) is 11.6. The van der Waals surface area contributed by atoms with Crippen molar-refractivity contribution in [3.8, 4) is 0 Å². The van der Waals surface area contributed by atoms with Crippen molar-refractivity contribution in [3.63, 3.8) is 0 Å². The zero-order valence-electron chi connectivity index (χ0n) is 14.8. The summed E-state index contributed by atoms with van der Waals surface area (Å²) in [6.07, 6.45) is 4.88. The molecule has 1 aliphatic carbocycles. The molecule has 0 saturated heterocycles. The van der Waals surface area contributed by atoms with Gasteiger partial charge in [-0.3, -0.25) is 0 Å². The summed E-state index contributed by atoms with van der Waals surface area (Å²) in [6, 6.07) is 18.6. The Labute approximate surface area is 145 Å². The van der Waals surface area contributed by atoms with Crippen LogP contribution in [0, 0.1) is 13.8 Å². The molecule has 2 N–H and O–H groups in total. The minimum Gasteiger partial charge on any atom is -0.393 e. The number of rotatable bonds is 5. The van der Waals surface area contributed by atoms with Crippen molar-refractivity contribution >= 4 is 0 Å². The number of aryl methyl sites for hydroxylation is 2. The molecule has 0 amide bonds. The third-order valence-electron chi connectivity index (χ3n) is 5.17. The summed E-state index contributed by atoms with van der Waals surface area (Å²) in [6.45, 7) is 4.27. The van der Waals surface area contributed by atoms with Crippen molar-refractivity contribution < 1.29 is 5.11 Å². The molecule has 0 spiro atoms. The maximum atomic E-state index is 9.74. The lowest BCUT2D eigenvalue weighted by atomic mass is 9.90. The van der Waals surface area contributed by atoms with Crippen LogP contribution >= 0.6 is 0 Å². The van der Waals surface area contributed by atoms with Gasteiger partial charge in [-0.15, -0.1) is 0 Å². The van der Waals surface area contributed by atoms with Gasteiger partial charge < -0.3 is 10.4 Å². The largest absolute Gasteiger partial charge is 0.393 e. The third kappa shape index (κ3) is 4.68. The van der Waals surface area contributed by atoms with Crippen LogP contribution in [-0.2, 0) is 6.42 Å². The molecule has 1 unspecified atom stereocenters. The van der Waals surface area contributed by atoms with Gasteiger partial charge >= 0.3 is 0 Å². The van der Waals surface area contributed by atoms with Gasteiger partial charge in [-0.05, 0) is 57.1 Å². The number of hydrogen-bond donors (Lipinski definition) is 2. The molecular weight excluding hydrogens is 294 g/mol. The second kappa shape index (κ2) is 7.96. The molecule has 3 rings (SSSR count). The number of benzene rings is 2. The van der Waals surface area contributed by atoms with Crippen LogP contribution in [0.5, 0.6) is 0 Å². The van der Waals surface area contributed by atoms with Crippen LogP contribution in [0.15, 0.2) is 48.5 Å². The molecule has 0 radical (unpaired) electrons. The van der Waals surface area contributed by atoms with E-state index in [0.717, 1.165) is 32.1 Å². The highest BCUT2D eigenvalue weighted by molar-refractivity contribution is 5.28. The average Bonchev–Trinajstić information content (AvgIpc) is 2.59. The zero-order valence-corrected chi connectivity index (χ0v) is 14.8. The maximum Gasteiger partial charge on any atom is 0.0541 e. The molecule has 1 aliphatic rings. The van der Waals surface area contributed by atoms with Gasteiger partial charge in [0.15, 0.2) is 0 Å². The second-order valence-corrected chi connectivity index (χ2v) is 7.33. The van der Waals surface area contributed by atoms with Gasteiger partial charge in [-0.1, -0.05) is 59.7 Å². The molecule has 2 aromatic carbocycles. The van der Waals surface area contributed by atoms with E-state index in [0.29, 0.717) is 12.1 Å². The summed E-state index contributed by atoms with van der Waals surface area (Å²) in [5.74, 6) is 0. The third-order valence-corrected chi connectivity index (χ3v) is 5.17. The monoisotopic (exact) mass is 323 g/mol. The minimum absolute atomic E-state index is 0.0991. The smallest absolute Gasteiger partial charge is 0.0541 e. The van der Waals surface area contributed by atoms with E-state index in [-0.39, 0.29) is 6.10 Å². The van der Waals surface area contributed by atoms with Crippen molar-refractivity contribution in [2.24, 2.45) is 0 Å². The fourth-order valence-electron chi connectivity index (χ4n) is 3.56. The quantitative estimate of drug-likeness (QED) is 0.850.